The van der Waals surface area contributed by atoms with Crippen LogP contribution in [0.1, 0.15) is 12.5 Å². The zero-order valence-corrected chi connectivity index (χ0v) is 10.5. The zero-order valence-electron chi connectivity index (χ0n) is 8.17. The average molecular weight is 290 g/mol. The second kappa shape index (κ2) is 5.93. The molecule has 0 unspecified atom stereocenters. The van der Waals surface area contributed by atoms with Crippen LogP contribution in [-0.2, 0) is 9.53 Å². The fourth-order valence-electron chi connectivity index (χ4n) is 0.985. The summed E-state index contributed by atoms with van der Waals surface area (Å²) in [5.41, 5.74) is 0.882. The third kappa shape index (κ3) is 4.06. The normalized spacial score (nSPS) is 10.6. The van der Waals surface area contributed by atoms with Crippen LogP contribution in [-0.4, -0.2) is 12.6 Å². The van der Waals surface area contributed by atoms with Crippen molar-refractivity contribution in [3.8, 4) is 0 Å². The van der Waals surface area contributed by atoms with Crippen molar-refractivity contribution in [3.63, 3.8) is 0 Å². The highest BCUT2D eigenvalue weighted by molar-refractivity contribution is 9.10. The number of hydrogen-bond donors (Lipinski definition) is 0. The largest absolute Gasteiger partial charge is 0.463 e. The van der Waals surface area contributed by atoms with Crippen molar-refractivity contribution >= 4 is 39.6 Å². The molecule has 0 aromatic heterocycles. The van der Waals surface area contributed by atoms with Gasteiger partial charge in [-0.2, -0.15) is 0 Å². The Morgan fingerprint density at radius 1 is 1.60 bits per heavy atom. The molecule has 0 atom stereocenters. The van der Waals surface area contributed by atoms with Gasteiger partial charge in [0.1, 0.15) is 0 Å². The summed E-state index contributed by atoms with van der Waals surface area (Å²) in [4.78, 5) is 11.0. The predicted octanol–water partition coefficient (Wildman–Crippen LogP) is 3.68. The molecule has 0 saturated heterocycles. The quantitative estimate of drug-likeness (QED) is 0.627. The Morgan fingerprint density at radius 2 is 2.33 bits per heavy atom. The Balaban J connectivity index is 2.76. The Bertz CT molecular complexity index is 388. The summed E-state index contributed by atoms with van der Waals surface area (Å²) in [5, 5.41) is 0.648. The van der Waals surface area contributed by atoms with E-state index in [0.29, 0.717) is 11.6 Å². The minimum atomic E-state index is -0.348. The number of halogens is 2. The summed E-state index contributed by atoms with van der Waals surface area (Å²) >= 11 is 9.13. The van der Waals surface area contributed by atoms with E-state index in [1.165, 1.54) is 6.08 Å². The van der Waals surface area contributed by atoms with Gasteiger partial charge in [-0.25, -0.2) is 4.79 Å². The van der Waals surface area contributed by atoms with E-state index in [9.17, 15) is 4.79 Å². The number of ether oxygens (including phenoxy) is 1. The molecule has 0 saturated carbocycles. The van der Waals surface area contributed by atoms with E-state index in [2.05, 4.69) is 15.9 Å². The molecule has 0 amide bonds. The van der Waals surface area contributed by atoms with Crippen molar-refractivity contribution in [2.24, 2.45) is 0 Å². The van der Waals surface area contributed by atoms with E-state index in [-0.39, 0.29) is 5.97 Å². The molecule has 1 aromatic rings. The van der Waals surface area contributed by atoms with Crippen LogP contribution in [0.4, 0.5) is 0 Å². The SMILES string of the molecule is CCOC(=O)C=Cc1ccc(Cl)cc1Br. The minimum Gasteiger partial charge on any atom is -0.463 e. The van der Waals surface area contributed by atoms with Crippen molar-refractivity contribution in [1.82, 2.24) is 0 Å². The topological polar surface area (TPSA) is 26.3 Å². The second-order valence-corrected chi connectivity index (χ2v) is 4.04. The first-order valence-electron chi connectivity index (χ1n) is 4.43. The van der Waals surface area contributed by atoms with Gasteiger partial charge in [0.25, 0.3) is 0 Å². The predicted molar refractivity (Wildman–Crippen MR) is 64.8 cm³/mol. The molecule has 1 aromatic carbocycles. The Hall–Kier alpha value is -0.800. The van der Waals surface area contributed by atoms with Gasteiger partial charge < -0.3 is 4.74 Å². The molecule has 0 aliphatic rings. The van der Waals surface area contributed by atoms with E-state index in [1.54, 1.807) is 25.1 Å². The van der Waals surface area contributed by atoms with Gasteiger partial charge in [0.15, 0.2) is 0 Å². The van der Waals surface area contributed by atoms with Gasteiger partial charge in [0.2, 0.25) is 0 Å². The summed E-state index contributed by atoms with van der Waals surface area (Å²) in [6.07, 6.45) is 3.07. The zero-order chi connectivity index (χ0) is 11.3. The van der Waals surface area contributed by atoms with E-state index in [0.717, 1.165) is 10.0 Å². The molecule has 0 aliphatic heterocycles. The lowest BCUT2D eigenvalue weighted by Crippen LogP contribution is -1.98. The van der Waals surface area contributed by atoms with Gasteiger partial charge in [-0.3, -0.25) is 0 Å². The fourth-order valence-corrected chi connectivity index (χ4v) is 1.80. The minimum absolute atomic E-state index is 0.348. The fraction of sp³-hybridized carbons (Fsp3) is 0.182. The van der Waals surface area contributed by atoms with Crippen molar-refractivity contribution in [1.29, 1.82) is 0 Å². The van der Waals surface area contributed by atoms with Gasteiger partial charge in [-0.1, -0.05) is 33.6 Å². The molecule has 0 fully saturated rings. The van der Waals surface area contributed by atoms with Gasteiger partial charge in [0.05, 0.1) is 6.61 Å². The summed E-state index contributed by atoms with van der Waals surface area (Å²) in [7, 11) is 0. The molecule has 0 spiro atoms. The number of benzene rings is 1. The Morgan fingerprint density at radius 3 is 2.93 bits per heavy atom. The first kappa shape index (κ1) is 12.3. The van der Waals surface area contributed by atoms with Crippen LogP contribution in [0.5, 0.6) is 0 Å². The third-order valence-corrected chi connectivity index (χ3v) is 2.57. The standard InChI is InChI=1S/C11H10BrClO2/c1-2-15-11(14)6-4-8-3-5-9(13)7-10(8)12/h3-7H,2H2,1H3. The van der Waals surface area contributed by atoms with Crippen LogP contribution in [0.15, 0.2) is 28.7 Å². The first-order chi connectivity index (χ1) is 7.13. The smallest absolute Gasteiger partial charge is 0.330 e. The van der Waals surface area contributed by atoms with Gasteiger partial charge >= 0.3 is 5.97 Å². The lowest BCUT2D eigenvalue weighted by molar-refractivity contribution is -0.137. The van der Waals surface area contributed by atoms with Crippen molar-refractivity contribution in [2.75, 3.05) is 6.61 Å². The molecular weight excluding hydrogens is 279 g/mol. The Labute approximate surface area is 102 Å². The average Bonchev–Trinajstić information content (AvgIpc) is 2.17. The molecule has 15 heavy (non-hydrogen) atoms. The molecule has 80 valence electrons. The molecule has 0 radical (unpaired) electrons. The summed E-state index contributed by atoms with van der Waals surface area (Å²) < 4.78 is 5.60. The Kier molecular flexibility index (Phi) is 4.85. The van der Waals surface area contributed by atoms with E-state index in [1.807, 2.05) is 6.07 Å². The highest BCUT2D eigenvalue weighted by atomic mass is 79.9. The molecular formula is C11H10BrClO2. The number of hydrogen-bond acceptors (Lipinski definition) is 2. The van der Waals surface area contributed by atoms with Crippen molar-refractivity contribution in [2.45, 2.75) is 6.92 Å². The van der Waals surface area contributed by atoms with Crippen molar-refractivity contribution in [3.05, 3.63) is 39.3 Å². The van der Waals surface area contributed by atoms with E-state index >= 15 is 0 Å². The number of esters is 1. The lowest BCUT2D eigenvalue weighted by Gasteiger charge is -1.99. The van der Waals surface area contributed by atoms with E-state index in [4.69, 9.17) is 16.3 Å². The van der Waals surface area contributed by atoms with Crippen LogP contribution in [0.2, 0.25) is 5.02 Å². The molecule has 2 nitrogen and oxygen atoms in total. The second-order valence-electron chi connectivity index (χ2n) is 2.75. The van der Waals surface area contributed by atoms with Crippen LogP contribution in [0, 0.1) is 0 Å². The highest BCUT2D eigenvalue weighted by Gasteiger charge is 1.98. The maximum atomic E-state index is 11.0. The van der Waals surface area contributed by atoms with Crippen LogP contribution >= 0.6 is 27.5 Å². The van der Waals surface area contributed by atoms with Gasteiger partial charge in [-0.15, -0.1) is 0 Å². The first-order valence-corrected chi connectivity index (χ1v) is 5.60. The highest BCUT2D eigenvalue weighted by Crippen LogP contribution is 2.22. The number of carbonyl (C=O) groups is 1. The molecule has 0 bridgehead atoms. The summed E-state index contributed by atoms with van der Waals surface area (Å²) in [6, 6.07) is 5.35. The summed E-state index contributed by atoms with van der Waals surface area (Å²) in [6.45, 7) is 2.15. The molecule has 0 N–H and O–H groups in total. The van der Waals surface area contributed by atoms with Gasteiger partial charge in [-0.05, 0) is 30.7 Å². The molecule has 4 heteroatoms. The third-order valence-electron chi connectivity index (χ3n) is 1.65. The van der Waals surface area contributed by atoms with Crippen molar-refractivity contribution < 1.29 is 9.53 Å². The molecule has 1 rings (SSSR count). The maximum Gasteiger partial charge on any atom is 0.330 e. The van der Waals surface area contributed by atoms with Crippen LogP contribution in [0.3, 0.4) is 0 Å². The van der Waals surface area contributed by atoms with Crippen LogP contribution < -0.4 is 0 Å². The lowest BCUT2D eigenvalue weighted by atomic mass is 10.2. The van der Waals surface area contributed by atoms with Crippen LogP contribution in [0.25, 0.3) is 6.08 Å². The monoisotopic (exact) mass is 288 g/mol. The van der Waals surface area contributed by atoms with Gasteiger partial charge in [0, 0.05) is 15.6 Å². The number of rotatable bonds is 3. The number of carbonyl (C=O) groups excluding carboxylic acids is 1. The summed E-state index contributed by atoms with van der Waals surface area (Å²) in [5.74, 6) is -0.348. The maximum absolute atomic E-state index is 11.0. The molecule has 0 heterocycles. The van der Waals surface area contributed by atoms with E-state index < -0.39 is 0 Å². The molecule has 0 aliphatic carbocycles.